The normalized spacial score (nSPS) is 15.2. The maximum absolute atomic E-state index is 13.8. The van der Waals surface area contributed by atoms with Crippen molar-refractivity contribution >= 4 is 23.0 Å². The van der Waals surface area contributed by atoms with Crippen LogP contribution in [-0.4, -0.2) is 36.1 Å². The van der Waals surface area contributed by atoms with E-state index < -0.39 is 23.5 Å². The molecular weight excluding hydrogens is 436 g/mol. The molecule has 32 heavy (non-hydrogen) atoms. The van der Waals surface area contributed by atoms with Gasteiger partial charge in [0.2, 0.25) is 5.95 Å². The summed E-state index contributed by atoms with van der Waals surface area (Å²) in [6.07, 6.45) is -6.00. The molecule has 5 nitrogen and oxygen atoms in total. The summed E-state index contributed by atoms with van der Waals surface area (Å²) in [5.41, 5.74) is -0.878. The molecule has 1 saturated heterocycles. The largest absolute Gasteiger partial charge is 0.418 e. The lowest BCUT2D eigenvalue weighted by Crippen LogP contribution is -2.47. The van der Waals surface area contributed by atoms with E-state index in [0.717, 1.165) is 18.2 Å². The van der Waals surface area contributed by atoms with Crippen LogP contribution in [0, 0.1) is 0 Å². The number of hydrogen-bond acceptors (Lipinski definition) is 4. The van der Waals surface area contributed by atoms with Crippen molar-refractivity contribution in [3.8, 4) is 0 Å². The van der Waals surface area contributed by atoms with Crippen LogP contribution in [0.4, 0.5) is 49.4 Å². The summed E-state index contributed by atoms with van der Waals surface area (Å²) in [7, 11) is 0. The molecule has 0 aliphatic carbocycles. The van der Waals surface area contributed by atoms with Crippen LogP contribution in [-0.2, 0) is 12.4 Å². The zero-order chi connectivity index (χ0) is 22.9. The van der Waals surface area contributed by atoms with E-state index in [-0.39, 0.29) is 24.5 Å². The average molecular weight is 455 g/mol. The number of imidazole rings is 1. The molecule has 1 aromatic heterocycles. The van der Waals surface area contributed by atoms with Gasteiger partial charge in [-0.05, 0) is 36.4 Å². The van der Waals surface area contributed by atoms with Crippen LogP contribution in [0.5, 0.6) is 0 Å². The quantitative estimate of drug-likeness (QED) is 0.509. The first-order valence-electron chi connectivity index (χ1n) is 9.76. The third kappa shape index (κ3) is 4.76. The van der Waals surface area contributed by atoms with Gasteiger partial charge in [-0.25, -0.2) is 4.98 Å². The highest BCUT2D eigenvalue weighted by molar-refractivity contribution is 5.65. The second kappa shape index (κ2) is 8.29. The third-order valence-corrected chi connectivity index (χ3v) is 5.22. The standard InChI is InChI=1S/C21H19F6N5/c22-20(23,24)14-2-1-3-16(12-14)31-8-10-32(11-9-31)18-5-4-15(13-17(18)21(25,26)27)30-19-28-6-7-29-19/h1-7,12-13H,8-11H2,(H2,28,29,30). The predicted molar refractivity (Wildman–Crippen MR) is 109 cm³/mol. The van der Waals surface area contributed by atoms with Crippen LogP contribution in [0.15, 0.2) is 54.9 Å². The molecule has 0 radical (unpaired) electrons. The van der Waals surface area contributed by atoms with Crippen LogP contribution in [0.1, 0.15) is 11.1 Å². The number of aromatic amines is 1. The van der Waals surface area contributed by atoms with E-state index in [1.807, 2.05) is 0 Å². The molecule has 1 fully saturated rings. The van der Waals surface area contributed by atoms with E-state index >= 15 is 0 Å². The molecule has 170 valence electrons. The Bertz CT molecular complexity index is 1050. The fourth-order valence-corrected chi connectivity index (χ4v) is 3.67. The molecule has 1 aliphatic heterocycles. The number of nitrogens with one attached hydrogen (secondary N) is 2. The lowest BCUT2D eigenvalue weighted by atomic mass is 10.1. The van der Waals surface area contributed by atoms with E-state index in [1.165, 1.54) is 24.4 Å². The van der Waals surface area contributed by atoms with Gasteiger partial charge in [0.25, 0.3) is 0 Å². The fraction of sp³-hybridized carbons (Fsp3) is 0.286. The Morgan fingerprint density at radius 2 is 1.56 bits per heavy atom. The number of hydrogen-bond donors (Lipinski definition) is 2. The maximum Gasteiger partial charge on any atom is 0.418 e. The number of H-pyrrole nitrogens is 1. The highest BCUT2D eigenvalue weighted by atomic mass is 19.4. The molecular formula is C21H19F6N5. The van der Waals surface area contributed by atoms with Crippen molar-refractivity contribution < 1.29 is 26.3 Å². The predicted octanol–water partition coefficient (Wildman–Crippen LogP) is 5.52. The van der Waals surface area contributed by atoms with Gasteiger partial charge in [0.05, 0.1) is 11.1 Å². The Balaban J connectivity index is 1.51. The van der Waals surface area contributed by atoms with Crippen LogP contribution in [0.3, 0.4) is 0 Å². The molecule has 0 amide bonds. The minimum atomic E-state index is -4.58. The molecule has 4 rings (SSSR count). The maximum atomic E-state index is 13.8. The van der Waals surface area contributed by atoms with Crippen molar-refractivity contribution in [3.05, 3.63) is 66.0 Å². The Kier molecular flexibility index (Phi) is 5.66. The number of aromatic nitrogens is 2. The second-order valence-corrected chi connectivity index (χ2v) is 7.31. The molecule has 11 heteroatoms. The Morgan fingerprint density at radius 3 is 2.19 bits per heavy atom. The number of anilines is 4. The first-order chi connectivity index (χ1) is 15.1. The van der Waals surface area contributed by atoms with Crippen molar-refractivity contribution in [3.63, 3.8) is 0 Å². The summed E-state index contributed by atoms with van der Waals surface area (Å²) in [4.78, 5) is 10.0. The Morgan fingerprint density at radius 1 is 0.844 bits per heavy atom. The van der Waals surface area contributed by atoms with E-state index in [0.29, 0.717) is 24.7 Å². The minimum absolute atomic E-state index is 0.0335. The van der Waals surface area contributed by atoms with Gasteiger partial charge in [0.1, 0.15) is 0 Å². The minimum Gasteiger partial charge on any atom is -0.368 e. The summed E-state index contributed by atoms with van der Waals surface area (Å²) in [5.74, 6) is 0.320. The van der Waals surface area contributed by atoms with Gasteiger partial charge in [-0.1, -0.05) is 6.07 Å². The number of piperazine rings is 1. The van der Waals surface area contributed by atoms with Gasteiger partial charge >= 0.3 is 12.4 Å². The molecule has 0 spiro atoms. The molecule has 0 saturated carbocycles. The first kappa shape index (κ1) is 21.8. The van der Waals surface area contributed by atoms with E-state index in [2.05, 4.69) is 15.3 Å². The van der Waals surface area contributed by atoms with Gasteiger partial charge < -0.3 is 20.1 Å². The monoisotopic (exact) mass is 455 g/mol. The SMILES string of the molecule is FC(F)(F)c1cccc(N2CCN(c3ccc(Nc4ncc[nH]4)cc3C(F)(F)F)CC2)c1. The average Bonchev–Trinajstić information content (AvgIpc) is 3.26. The molecule has 0 unspecified atom stereocenters. The van der Waals surface area contributed by atoms with Crippen molar-refractivity contribution in [1.29, 1.82) is 0 Å². The van der Waals surface area contributed by atoms with Crippen molar-refractivity contribution in [2.45, 2.75) is 12.4 Å². The molecule has 2 aromatic carbocycles. The van der Waals surface area contributed by atoms with E-state index in [4.69, 9.17) is 0 Å². The van der Waals surface area contributed by atoms with Crippen molar-refractivity contribution in [2.75, 3.05) is 41.3 Å². The van der Waals surface area contributed by atoms with Crippen LogP contribution in [0.2, 0.25) is 0 Å². The topological polar surface area (TPSA) is 47.2 Å². The molecule has 3 aromatic rings. The summed E-state index contributed by atoms with van der Waals surface area (Å²) in [5, 5.41) is 2.79. The lowest BCUT2D eigenvalue weighted by Gasteiger charge is -2.38. The number of alkyl halides is 6. The first-order valence-corrected chi connectivity index (χ1v) is 9.76. The Labute approximate surface area is 179 Å². The van der Waals surface area contributed by atoms with Crippen LogP contribution < -0.4 is 15.1 Å². The number of rotatable bonds is 4. The van der Waals surface area contributed by atoms with Gasteiger partial charge in [0.15, 0.2) is 0 Å². The summed E-state index contributed by atoms with van der Waals surface area (Å²) in [6.45, 7) is 1.07. The summed E-state index contributed by atoms with van der Waals surface area (Å²) < 4.78 is 80.2. The molecule has 2 heterocycles. The number of nitrogens with zero attached hydrogens (tertiary/aromatic N) is 3. The molecule has 1 aliphatic rings. The van der Waals surface area contributed by atoms with Gasteiger partial charge in [-0.3, -0.25) is 0 Å². The van der Waals surface area contributed by atoms with Crippen molar-refractivity contribution in [2.24, 2.45) is 0 Å². The second-order valence-electron chi connectivity index (χ2n) is 7.31. The summed E-state index contributed by atoms with van der Waals surface area (Å²) >= 11 is 0. The fourth-order valence-electron chi connectivity index (χ4n) is 3.67. The van der Waals surface area contributed by atoms with Gasteiger partial charge in [0, 0.05) is 55.6 Å². The zero-order valence-electron chi connectivity index (χ0n) is 16.6. The van der Waals surface area contributed by atoms with E-state index in [9.17, 15) is 26.3 Å². The Hall–Kier alpha value is -3.37. The zero-order valence-corrected chi connectivity index (χ0v) is 16.6. The smallest absolute Gasteiger partial charge is 0.368 e. The highest BCUT2D eigenvalue weighted by Crippen LogP contribution is 2.39. The summed E-state index contributed by atoms with van der Waals surface area (Å²) in [6, 6.07) is 8.91. The number of halogens is 6. The van der Waals surface area contributed by atoms with Gasteiger partial charge in [-0.15, -0.1) is 0 Å². The van der Waals surface area contributed by atoms with Gasteiger partial charge in [-0.2, -0.15) is 26.3 Å². The number of benzene rings is 2. The van der Waals surface area contributed by atoms with Crippen molar-refractivity contribution in [1.82, 2.24) is 9.97 Å². The van der Waals surface area contributed by atoms with Crippen LogP contribution >= 0.6 is 0 Å². The molecule has 2 N–H and O–H groups in total. The van der Waals surface area contributed by atoms with Crippen LogP contribution in [0.25, 0.3) is 0 Å². The third-order valence-electron chi connectivity index (χ3n) is 5.22. The lowest BCUT2D eigenvalue weighted by molar-refractivity contribution is -0.138. The highest BCUT2D eigenvalue weighted by Gasteiger charge is 2.36. The van der Waals surface area contributed by atoms with E-state index in [1.54, 1.807) is 22.1 Å². The molecule has 0 atom stereocenters. The molecule has 0 bridgehead atoms.